The number of rotatable bonds is 4. The summed E-state index contributed by atoms with van der Waals surface area (Å²) in [5, 5.41) is 11.0. The van der Waals surface area contributed by atoms with Gasteiger partial charge in [-0.1, -0.05) is 25.3 Å². The predicted octanol–water partition coefficient (Wildman–Crippen LogP) is 5.76. The molecule has 7 rings (SSSR count). The van der Waals surface area contributed by atoms with E-state index in [0.717, 1.165) is 77.8 Å². The molecular weight excluding hydrogens is 502 g/mol. The Morgan fingerprint density at radius 2 is 1.70 bits per heavy atom. The van der Waals surface area contributed by atoms with Crippen molar-refractivity contribution in [3.8, 4) is 17.0 Å². The van der Waals surface area contributed by atoms with Crippen LogP contribution in [0, 0.1) is 0 Å². The van der Waals surface area contributed by atoms with Crippen molar-refractivity contribution < 1.29 is 19.4 Å². The minimum absolute atomic E-state index is 0.109. The van der Waals surface area contributed by atoms with Crippen LogP contribution < -0.4 is 4.74 Å². The van der Waals surface area contributed by atoms with Crippen molar-refractivity contribution in [1.82, 2.24) is 14.4 Å². The van der Waals surface area contributed by atoms with Gasteiger partial charge in [0.15, 0.2) is 0 Å². The average Bonchev–Trinajstić information content (AvgIpc) is 3.35. The third kappa shape index (κ3) is 4.05. The van der Waals surface area contributed by atoms with Gasteiger partial charge in [0.05, 0.1) is 24.9 Å². The first-order valence-corrected chi connectivity index (χ1v) is 14.7. The molecule has 0 radical (unpaired) electrons. The molecule has 1 aromatic heterocycles. The number of nitrogens with zero attached hydrogens (tertiary/aromatic N) is 3. The summed E-state index contributed by atoms with van der Waals surface area (Å²) in [6.07, 6.45) is 10.1. The van der Waals surface area contributed by atoms with E-state index in [0.29, 0.717) is 12.5 Å². The van der Waals surface area contributed by atoms with E-state index in [2.05, 4.69) is 33.6 Å². The fourth-order valence-electron chi connectivity index (χ4n) is 7.92. The monoisotopic (exact) mass is 539 g/mol. The van der Waals surface area contributed by atoms with Crippen LogP contribution >= 0.6 is 0 Å². The molecule has 1 amide bonds. The number of hydrogen-bond acceptors (Lipinski definition) is 4. The van der Waals surface area contributed by atoms with E-state index in [9.17, 15) is 14.7 Å². The lowest BCUT2D eigenvalue weighted by Crippen LogP contribution is -2.55. The number of piperazine rings is 1. The van der Waals surface area contributed by atoms with Crippen LogP contribution in [0.1, 0.15) is 72.3 Å². The minimum Gasteiger partial charge on any atom is -0.497 e. The minimum atomic E-state index is -0.934. The number of ether oxygens (including phenoxy) is 1. The maximum atomic E-state index is 14.4. The molecule has 3 aromatic rings. The van der Waals surface area contributed by atoms with Gasteiger partial charge in [-0.2, -0.15) is 0 Å². The Kier molecular flexibility index (Phi) is 6.22. The van der Waals surface area contributed by atoms with Crippen molar-refractivity contribution in [2.24, 2.45) is 0 Å². The Hall–Kier alpha value is -3.58. The lowest BCUT2D eigenvalue weighted by atomic mass is 9.81. The number of carboxylic acids is 1. The molecule has 208 valence electrons. The number of amides is 1. The molecule has 1 aliphatic carbocycles. The molecule has 2 bridgehead atoms. The smallest absolute Gasteiger partial charge is 0.335 e. The molecule has 7 nitrogen and oxygen atoms in total. The zero-order valence-corrected chi connectivity index (χ0v) is 23.4. The summed E-state index contributed by atoms with van der Waals surface area (Å²) in [7, 11) is 3.82. The third-order valence-electron chi connectivity index (χ3n) is 9.71. The number of likely N-dealkylation sites (N-methyl/N-ethyl adjacent to an activating group) is 1. The highest BCUT2D eigenvalue weighted by atomic mass is 16.5. The van der Waals surface area contributed by atoms with E-state index in [1.54, 1.807) is 13.2 Å². The molecular formula is C33H37N3O4. The molecule has 2 saturated heterocycles. The van der Waals surface area contributed by atoms with Crippen molar-refractivity contribution in [3.63, 3.8) is 0 Å². The normalized spacial score (nSPS) is 22.9. The van der Waals surface area contributed by atoms with Crippen LogP contribution in [-0.2, 0) is 11.3 Å². The summed E-state index contributed by atoms with van der Waals surface area (Å²) in [5.41, 5.74) is 6.43. The summed E-state index contributed by atoms with van der Waals surface area (Å²) in [4.78, 5) is 30.9. The number of aromatic carboxylic acids is 1. The van der Waals surface area contributed by atoms with Crippen LogP contribution in [0.25, 0.3) is 28.2 Å². The van der Waals surface area contributed by atoms with E-state index < -0.39 is 5.97 Å². The Balaban J connectivity index is 1.45. The van der Waals surface area contributed by atoms with Gasteiger partial charge in [0.1, 0.15) is 5.75 Å². The van der Waals surface area contributed by atoms with E-state index >= 15 is 0 Å². The maximum absolute atomic E-state index is 14.4. The molecule has 2 aromatic carbocycles. The lowest BCUT2D eigenvalue weighted by Gasteiger charge is -2.40. The van der Waals surface area contributed by atoms with Gasteiger partial charge in [0.2, 0.25) is 0 Å². The highest BCUT2D eigenvalue weighted by Crippen LogP contribution is 2.47. The van der Waals surface area contributed by atoms with Gasteiger partial charge < -0.3 is 24.2 Å². The second-order valence-corrected chi connectivity index (χ2v) is 12.2. The van der Waals surface area contributed by atoms with Crippen molar-refractivity contribution in [3.05, 3.63) is 58.7 Å². The Morgan fingerprint density at radius 3 is 2.40 bits per heavy atom. The van der Waals surface area contributed by atoms with Gasteiger partial charge >= 0.3 is 5.97 Å². The van der Waals surface area contributed by atoms with Gasteiger partial charge in [0, 0.05) is 47.2 Å². The van der Waals surface area contributed by atoms with Gasteiger partial charge in [-0.3, -0.25) is 4.79 Å². The van der Waals surface area contributed by atoms with Gasteiger partial charge in [-0.15, -0.1) is 0 Å². The molecule has 1 N–H and O–H groups in total. The fraction of sp³-hybridized carbons (Fsp3) is 0.455. The lowest BCUT2D eigenvalue weighted by molar-refractivity contribution is -0.132. The van der Waals surface area contributed by atoms with Gasteiger partial charge in [-0.05, 0) is 86.2 Å². The van der Waals surface area contributed by atoms with E-state index in [1.807, 2.05) is 24.3 Å². The first-order chi connectivity index (χ1) is 19.4. The number of aromatic nitrogens is 1. The largest absolute Gasteiger partial charge is 0.497 e. The second-order valence-electron chi connectivity index (χ2n) is 12.2. The standard InChI is InChI=1S/C33H37N3O4/c1-34-18-24-9-10-25(19-34)36(24)32(37)23-14-22-15-26(40-2)11-13-27(22)31-30(20-6-4-3-5-7-20)28-12-8-21(33(38)39)16-29(28)35(31)17-23/h8,11-16,20,24-25H,3-7,9-10,17-19H2,1-2H3,(H,38,39). The van der Waals surface area contributed by atoms with Crippen molar-refractivity contribution >= 4 is 28.9 Å². The molecule has 3 fully saturated rings. The molecule has 0 spiro atoms. The third-order valence-corrected chi connectivity index (χ3v) is 9.71. The molecule has 4 aliphatic rings. The molecule has 3 aliphatic heterocycles. The van der Waals surface area contributed by atoms with E-state index in [4.69, 9.17) is 4.74 Å². The van der Waals surface area contributed by atoms with E-state index in [1.165, 1.54) is 24.8 Å². The summed E-state index contributed by atoms with van der Waals surface area (Å²) >= 11 is 0. The van der Waals surface area contributed by atoms with Crippen LogP contribution in [0.5, 0.6) is 5.75 Å². The predicted molar refractivity (Wildman–Crippen MR) is 156 cm³/mol. The maximum Gasteiger partial charge on any atom is 0.335 e. The highest BCUT2D eigenvalue weighted by Gasteiger charge is 2.43. The summed E-state index contributed by atoms with van der Waals surface area (Å²) < 4.78 is 7.86. The SMILES string of the molecule is COc1ccc2c(c1)C=C(C(=O)N1C3CCC1CN(C)C3)Cn1c-2c(C2CCCCC2)c2ccc(C(=O)O)cc21. The number of fused-ring (bicyclic) bond motifs is 7. The fourth-order valence-corrected chi connectivity index (χ4v) is 7.92. The van der Waals surface area contributed by atoms with Crippen LogP contribution in [0.3, 0.4) is 0 Å². The Labute approximate surface area is 235 Å². The van der Waals surface area contributed by atoms with Crippen LogP contribution in [0.2, 0.25) is 0 Å². The first kappa shape index (κ1) is 25.4. The van der Waals surface area contributed by atoms with Crippen molar-refractivity contribution in [1.29, 1.82) is 0 Å². The Bertz CT molecular complexity index is 1530. The number of methoxy groups -OCH3 is 1. The zero-order valence-electron chi connectivity index (χ0n) is 23.4. The molecule has 2 atom stereocenters. The zero-order chi connectivity index (χ0) is 27.5. The number of hydrogen-bond donors (Lipinski definition) is 1. The van der Waals surface area contributed by atoms with Crippen LogP contribution in [-0.4, -0.2) is 70.7 Å². The topological polar surface area (TPSA) is 75.0 Å². The summed E-state index contributed by atoms with van der Waals surface area (Å²) in [5.74, 6) is 0.344. The summed E-state index contributed by atoms with van der Waals surface area (Å²) in [6, 6.07) is 12.2. The molecule has 1 saturated carbocycles. The number of carbonyl (C=O) groups is 2. The van der Waals surface area contributed by atoms with Gasteiger partial charge in [0.25, 0.3) is 5.91 Å². The number of benzene rings is 2. The number of carbonyl (C=O) groups excluding carboxylic acids is 1. The Morgan fingerprint density at radius 1 is 0.950 bits per heavy atom. The summed E-state index contributed by atoms with van der Waals surface area (Å²) in [6.45, 7) is 2.24. The average molecular weight is 540 g/mol. The van der Waals surface area contributed by atoms with Gasteiger partial charge in [-0.25, -0.2) is 4.79 Å². The van der Waals surface area contributed by atoms with Crippen LogP contribution in [0.4, 0.5) is 0 Å². The quantitative estimate of drug-likeness (QED) is 0.456. The highest BCUT2D eigenvalue weighted by molar-refractivity contribution is 6.04. The van der Waals surface area contributed by atoms with E-state index in [-0.39, 0.29) is 23.6 Å². The molecule has 40 heavy (non-hydrogen) atoms. The van der Waals surface area contributed by atoms with Crippen LogP contribution in [0.15, 0.2) is 42.0 Å². The van der Waals surface area contributed by atoms with Crippen molar-refractivity contribution in [2.45, 2.75) is 69.5 Å². The molecule has 2 unspecified atom stereocenters. The molecule has 7 heteroatoms. The molecule has 4 heterocycles. The van der Waals surface area contributed by atoms with Crippen molar-refractivity contribution in [2.75, 3.05) is 27.2 Å². The number of carboxylic acid groups (broad SMARTS) is 1. The number of likely N-dealkylation sites (tertiary alicyclic amines) is 1. The first-order valence-electron chi connectivity index (χ1n) is 14.7. The second kappa shape index (κ2) is 9.81.